The molecule has 0 amide bonds. The standard InChI is InChI=1S/C17H28O8/c1-9-15(18)22-11(3)20-13(5)24-17(7,8)25-14(6)21-12(4)23-16(19)10-2/h9-14H,1-2H2,3-8H3. The number of hydrogen-bond acceptors (Lipinski definition) is 8. The molecule has 0 spiro atoms. The van der Waals surface area contributed by atoms with E-state index in [0.717, 1.165) is 12.2 Å². The molecule has 0 rings (SSSR count). The summed E-state index contributed by atoms with van der Waals surface area (Å²) in [7, 11) is 0. The van der Waals surface area contributed by atoms with Gasteiger partial charge in [-0.15, -0.1) is 0 Å². The first-order chi connectivity index (χ1) is 11.5. The van der Waals surface area contributed by atoms with E-state index in [1.165, 1.54) is 0 Å². The Hall–Kier alpha value is -1.74. The van der Waals surface area contributed by atoms with Crippen molar-refractivity contribution in [3.63, 3.8) is 0 Å². The highest BCUT2D eigenvalue weighted by atomic mass is 16.8. The fourth-order valence-electron chi connectivity index (χ4n) is 1.90. The van der Waals surface area contributed by atoms with Gasteiger partial charge in [0, 0.05) is 12.2 Å². The lowest BCUT2D eigenvalue weighted by Gasteiger charge is -2.33. The van der Waals surface area contributed by atoms with Gasteiger partial charge in [-0.1, -0.05) is 13.2 Å². The molecule has 0 saturated heterocycles. The van der Waals surface area contributed by atoms with Crippen LogP contribution in [0.2, 0.25) is 0 Å². The molecule has 144 valence electrons. The molecule has 8 nitrogen and oxygen atoms in total. The molecule has 0 saturated carbocycles. The van der Waals surface area contributed by atoms with Crippen molar-refractivity contribution in [1.82, 2.24) is 0 Å². The van der Waals surface area contributed by atoms with Crippen molar-refractivity contribution < 1.29 is 38.0 Å². The van der Waals surface area contributed by atoms with Gasteiger partial charge in [-0.3, -0.25) is 0 Å². The van der Waals surface area contributed by atoms with Crippen LogP contribution in [-0.2, 0) is 38.0 Å². The maximum atomic E-state index is 11.1. The normalized spacial score (nSPS) is 16.2. The zero-order valence-corrected chi connectivity index (χ0v) is 15.6. The van der Waals surface area contributed by atoms with E-state index < -0.39 is 42.9 Å². The van der Waals surface area contributed by atoms with Gasteiger partial charge in [0.05, 0.1) is 0 Å². The summed E-state index contributed by atoms with van der Waals surface area (Å²) < 4.78 is 31.7. The van der Waals surface area contributed by atoms with Gasteiger partial charge in [0.15, 0.2) is 18.4 Å². The van der Waals surface area contributed by atoms with E-state index in [4.69, 9.17) is 28.4 Å². The molecule has 0 bridgehead atoms. The number of rotatable bonds is 12. The topological polar surface area (TPSA) is 89.5 Å². The SMILES string of the molecule is C=CC(=O)OC(C)OC(C)OC(C)(C)OC(C)OC(C)OC(=O)C=C. The highest BCUT2D eigenvalue weighted by Crippen LogP contribution is 2.19. The summed E-state index contributed by atoms with van der Waals surface area (Å²) >= 11 is 0. The van der Waals surface area contributed by atoms with Gasteiger partial charge in [-0.05, 0) is 41.5 Å². The van der Waals surface area contributed by atoms with E-state index in [1.807, 2.05) is 0 Å². The van der Waals surface area contributed by atoms with Crippen LogP contribution < -0.4 is 0 Å². The molecule has 0 aliphatic heterocycles. The summed E-state index contributed by atoms with van der Waals surface area (Å²) in [6.45, 7) is 16.3. The lowest BCUT2D eigenvalue weighted by atomic mass is 10.4. The Morgan fingerprint density at radius 1 is 0.760 bits per heavy atom. The largest absolute Gasteiger partial charge is 0.433 e. The van der Waals surface area contributed by atoms with Crippen LogP contribution in [0.5, 0.6) is 0 Å². The maximum Gasteiger partial charge on any atom is 0.332 e. The fraction of sp³-hybridized carbons (Fsp3) is 0.647. The Kier molecular flexibility index (Phi) is 10.2. The lowest BCUT2D eigenvalue weighted by molar-refractivity contribution is -0.356. The van der Waals surface area contributed by atoms with Crippen molar-refractivity contribution in [3.05, 3.63) is 25.3 Å². The highest BCUT2D eigenvalue weighted by molar-refractivity contribution is 5.81. The maximum absolute atomic E-state index is 11.1. The van der Waals surface area contributed by atoms with Gasteiger partial charge in [-0.2, -0.15) is 0 Å². The number of hydrogen-bond donors (Lipinski definition) is 0. The van der Waals surface area contributed by atoms with Crippen LogP contribution in [0.3, 0.4) is 0 Å². The smallest absolute Gasteiger partial charge is 0.332 e. The molecular formula is C17H28O8. The molecule has 0 aromatic rings. The predicted octanol–water partition coefficient (Wildman–Crippen LogP) is 2.63. The molecule has 0 aliphatic carbocycles. The summed E-state index contributed by atoms with van der Waals surface area (Å²) in [5.41, 5.74) is 0. The molecule has 0 radical (unpaired) electrons. The summed E-state index contributed by atoms with van der Waals surface area (Å²) in [5.74, 6) is -2.27. The van der Waals surface area contributed by atoms with E-state index in [-0.39, 0.29) is 0 Å². The second-order valence-corrected chi connectivity index (χ2v) is 5.46. The summed E-state index contributed by atoms with van der Waals surface area (Å²) in [6.07, 6.45) is -1.02. The van der Waals surface area contributed by atoms with Crippen molar-refractivity contribution in [2.45, 2.75) is 72.5 Å². The molecule has 0 aromatic carbocycles. The first kappa shape index (κ1) is 23.3. The first-order valence-electron chi connectivity index (χ1n) is 7.81. The van der Waals surface area contributed by atoms with E-state index in [1.54, 1.807) is 41.5 Å². The highest BCUT2D eigenvalue weighted by Gasteiger charge is 2.28. The molecule has 0 aliphatic rings. The summed E-state index contributed by atoms with van der Waals surface area (Å²) in [4.78, 5) is 22.2. The molecule has 4 atom stereocenters. The second kappa shape index (κ2) is 11.0. The number of esters is 2. The average Bonchev–Trinajstić information content (AvgIpc) is 2.44. The molecular weight excluding hydrogens is 332 g/mol. The molecule has 8 heteroatoms. The molecule has 4 unspecified atom stereocenters. The molecule has 0 heterocycles. The van der Waals surface area contributed by atoms with Gasteiger partial charge in [0.2, 0.25) is 12.6 Å². The minimum absolute atomic E-state index is 0.597. The number of carbonyl (C=O) groups excluding carboxylic acids is 2. The Labute approximate surface area is 148 Å². The monoisotopic (exact) mass is 360 g/mol. The molecule has 25 heavy (non-hydrogen) atoms. The van der Waals surface area contributed by atoms with Crippen molar-refractivity contribution in [2.24, 2.45) is 0 Å². The third-order valence-electron chi connectivity index (χ3n) is 2.56. The third kappa shape index (κ3) is 11.4. The van der Waals surface area contributed by atoms with Crippen LogP contribution in [-0.4, -0.2) is 42.9 Å². The number of carbonyl (C=O) groups is 2. The van der Waals surface area contributed by atoms with E-state index >= 15 is 0 Å². The van der Waals surface area contributed by atoms with Crippen LogP contribution in [0.4, 0.5) is 0 Å². The van der Waals surface area contributed by atoms with Crippen LogP contribution in [0.25, 0.3) is 0 Å². The van der Waals surface area contributed by atoms with Gasteiger partial charge in [0.25, 0.3) is 0 Å². The Balaban J connectivity index is 4.36. The molecule has 0 aromatic heterocycles. The van der Waals surface area contributed by atoms with Crippen molar-refractivity contribution in [2.75, 3.05) is 0 Å². The Morgan fingerprint density at radius 2 is 1.08 bits per heavy atom. The van der Waals surface area contributed by atoms with Crippen LogP contribution >= 0.6 is 0 Å². The summed E-state index contributed by atoms with van der Waals surface area (Å²) in [5, 5.41) is 0. The van der Waals surface area contributed by atoms with Gasteiger partial charge in [-0.25, -0.2) is 9.59 Å². The average molecular weight is 360 g/mol. The zero-order valence-electron chi connectivity index (χ0n) is 15.6. The minimum atomic E-state index is -1.08. The second-order valence-electron chi connectivity index (χ2n) is 5.46. The van der Waals surface area contributed by atoms with E-state index in [9.17, 15) is 9.59 Å². The fourth-order valence-corrected chi connectivity index (χ4v) is 1.90. The third-order valence-corrected chi connectivity index (χ3v) is 2.56. The van der Waals surface area contributed by atoms with Crippen molar-refractivity contribution >= 4 is 11.9 Å². The lowest BCUT2D eigenvalue weighted by Crippen LogP contribution is -2.39. The summed E-state index contributed by atoms with van der Waals surface area (Å²) in [6, 6.07) is 0. The van der Waals surface area contributed by atoms with Crippen molar-refractivity contribution in [1.29, 1.82) is 0 Å². The Morgan fingerprint density at radius 3 is 1.36 bits per heavy atom. The van der Waals surface area contributed by atoms with Gasteiger partial charge in [0.1, 0.15) is 0 Å². The van der Waals surface area contributed by atoms with Crippen LogP contribution in [0.15, 0.2) is 25.3 Å². The number of ether oxygens (including phenoxy) is 6. The van der Waals surface area contributed by atoms with Crippen LogP contribution in [0.1, 0.15) is 41.5 Å². The van der Waals surface area contributed by atoms with E-state index in [2.05, 4.69) is 13.2 Å². The molecule has 0 N–H and O–H groups in total. The predicted molar refractivity (Wildman–Crippen MR) is 88.8 cm³/mol. The quantitative estimate of drug-likeness (QED) is 0.298. The van der Waals surface area contributed by atoms with E-state index in [0.29, 0.717) is 0 Å². The van der Waals surface area contributed by atoms with Crippen molar-refractivity contribution in [3.8, 4) is 0 Å². The Bertz CT molecular complexity index is 420. The van der Waals surface area contributed by atoms with Crippen LogP contribution in [0, 0.1) is 0 Å². The van der Waals surface area contributed by atoms with Gasteiger partial charge >= 0.3 is 11.9 Å². The first-order valence-corrected chi connectivity index (χ1v) is 7.81. The molecule has 0 fully saturated rings. The minimum Gasteiger partial charge on any atom is -0.433 e. The van der Waals surface area contributed by atoms with Gasteiger partial charge < -0.3 is 28.4 Å². The zero-order chi connectivity index (χ0) is 19.6.